The molecule has 2 amide bonds. The lowest BCUT2D eigenvalue weighted by Gasteiger charge is -2.18. The number of benzene rings is 2. The Labute approximate surface area is 186 Å². The van der Waals surface area contributed by atoms with E-state index in [4.69, 9.17) is 14.2 Å². The number of carbonyl (C=O) groups excluding carboxylic acids is 2. The largest absolute Gasteiger partial charge is 0.497 e. The molecular formula is C24H25N3O5. The first-order chi connectivity index (χ1) is 15.5. The summed E-state index contributed by atoms with van der Waals surface area (Å²) < 4.78 is 15.8. The van der Waals surface area contributed by atoms with Gasteiger partial charge in [-0.1, -0.05) is 6.07 Å². The van der Waals surface area contributed by atoms with E-state index >= 15 is 0 Å². The molecule has 1 aliphatic heterocycles. The summed E-state index contributed by atoms with van der Waals surface area (Å²) in [6.45, 7) is 0.763. The molecule has 0 spiro atoms. The van der Waals surface area contributed by atoms with Crippen molar-refractivity contribution in [1.82, 2.24) is 9.88 Å². The van der Waals surface area contributed by atoms with Crippen molar-refractivity contribution in [2.45, 2.75) is 13.0 Å². The van der Waals surface area contributed by atoms with Crippen molar-refractivity contribution in [2.75, 3.05) is 33.2 Å². The summed E-state index contributed by atoms with van der Waals surface area (Å²) in [5.74, 6) is 1.29. The summed E-state index contributed by atoms with van der Waals surface area (Å²) in [6, 6.07) is 13.0. The number of rotatable bonds is 7. The van der Waals surface area contributed by atoms with Crippen LogP contribution in [0.1, 0.15) is 12.0 Å². The molecule has 32 heavy (non-hydrogen) atoms. The number of hydrogen-bond donors (Lipinski definition) is 1. The lowest BCUT2D eigenvalue weighted by molar-refractivity contribution is -0.128. The molecule has 2 heterocycles. The van der Waals surface area contributed by atoms with Crippen LogP contribution in [0.4, 0.5) is 5.69 Å². The van der Waals surface area contributed by atoms with E-state index in [2.05, 4.69) is 10.3 Å². The average Bonchev–Trinajstić information content (AvgIpc) is 3.18. The molecule has 4 rings (SSSR count). The van der Waals surface area contributed by atoms with Crippen LogP contribution in [0.3, 0.4) is 0 Å². The quantitative estimate of drug-likeness (QED) is 0.613. The SMILES string of the molecule is COc1ccc2cc(NC(=O)C3CC(=O)N(Cc4ccc(OC)c(OC)c4)C3)cnc2c1. The maximum absolute atomic E-state index is 12.8. The van der Waals surface area contributed by atoms with Gasteiger partial charge in [0.25, 0.3) is 0 Å². The smallest absolute Gasteiger partial charge is 0.229 e. The van der Waals surface area contributed by atoms with Crippen molar-refractivity contribution >= 4 is 28.4 Å². The van der Waals surface area contributed by atoms with Crippen molar-refractivity contribution in [3.05, 3.63) is 54.2 Å². The van der Waals surface area contributed by atoms with Crippen molar-refractivity contribution < 1.29 is 23.8 Å². The van der Waals surface area contributed by atoms with Crippen molar-refractivity contribution in [3.63, 3.8) is 0 Å². The van der Waals surface area contributed by atoms with Gasteiger partial charge in [0.05, 0.1) is 44.6 Å². The minimum absolute atomic E-state index is 0.0522. The van der Waals surface area contributed by atoms with Gasteiger partial charge < -0.3 is 24.4 Å². The third-order valence-electron chi connectivity index (χ3n) is 5.57. The van der Waals surface area contributed by atoms with Crippen LogP contribution in [0.25, 0.3) is 10.9 Å². The maximum atomic E-state index is 12.8. The Bertz CT molecular complexity index is 1160. The molecule has 0 bridgehead atoms. The van der Waals surface area contributed by atoms with E-state index in [1.165, 1.54) is 0 Å². The number of carbonyl (C=O) groups is 2. The first kappa shape index (κ1) is 21.4. The lowest BCUT2D eigenvalue weighted by Crippen LogP contribution is -2.28. The number of likely N-dealkylation sites (tertiary alicyclic amines) is 1. The molecule has 1 atom stereocenters. The average molecular weight is 435 g/mol. The number of pyridine rings is 1. The number of nitrogens with zero attached hydrogens (tertiary/aromatic N) is 2. The maximum Gasteiger partial charge on any atom is 0.229 e. The Hall–Kier alpha value is -3.81. The molecule has 8 heteroatoms. The van der Waals surface area contributed by atoms with Gasteiger partial charge in [-0.25, -0.2) is 0 Å². The molecule has 1 fully saturated rings. The standard InChI is InChI=1S/C24H25N3O5/c1-30-19-6-5-16-9-18(12-25-20(16)11-19)26-24(29)17-10-23(28)27(14-17)13-15-4-7-21(31-2)22(8-15)32-3/h4-9,11-12,17H,10,13-14H2,1-3H3,(H,26,29). The molecule has 1 saturated heterocycles. The van der Waals surface area contributed by atoms with Gasteiger partial charge in [-0.05, 0) is 35.9 Å². The minimum atomic E-state index is -0.422. The molecule has 166 valence electrons. The fraction of sp³-hybridized carbons (Fsp3) is 0.292. The first-order valence-corrected chi connectivity index (χ1v) is 10.2. The fourth-order valence-electron chi connectivity index (χ4n) is 3.84. The van der Waals surface area contributed by atoms with Crippen LogP contribution >= 0.6 is 0 Å². The number of ether oxygens (including phenoxy) is 3. The van der Waals surface area contributed by atoms with Crippen molar-refractivity contribution in [3.8, 4) is 17.2 Å². The highest BCUT2D eigenvalue weighted by atomic mass is 16.5. The van der Waals surface area contributed by atoms with Crippen LogP contribution in [0.5, 0.6) is 17.2 Å². The van der Waals surface area contributed by atoms with Crippen molar-refractivity contribution in [2.24, 2.45) is 5.92 Å². The van der Waals surface area contributed by atoms with Gasteiger partial charge in [0.15, 0.2) is 11.5 Å². The Morgan fingerprint density at radius 3 is 2.62 bits per heavy atom. The fourth-order valence-corrected chi connectivity index (χ4v) is 3.84. The van der Waals surface area contributed by atoms with E-state index in [1.807, 2.05) is 36.4 Å². The van der Waals surface area contributed by atoms with E-state index in [9.17, 15) is 9.59 Å². The Balaban J connectivity index is 1.41. The highest BCUT2D eigenvalue weighted by Gasteiger charge is 2.34. The number of hydrogen-bond acceptors (Lipinski definition) is 6. The Morgan fingerprint density at radius 2 is 1.88 bits per heavy atom. The second kappa shape index (κ2) is 9.13. The predicted octanol–water partition coefficient (Wildman–Crippen LogP) is 3.25. The molecule has 0 saturated carbocycles. The molecule has 8 nitrogen and oxygen atoms in total. The second-order valence-electron chi connectivity index (χ2n) is 7.64. The summed E-state index contributed by atoms with van der Waals surface area (Å²) in [5, 5.41) is 3.78. The Morgan fingerprint density at radius 1 is 1.06 bits per heavy atom. The van der Waals surface area contributed by atoms with Gasteiger partial charge >= 0.3 is 0 Å². The van der Waals surface area contributed by atoms with Gasteiger partial charge in [0, 0.05) is 31.0 Å². The minimum Gasteiger partial charge on any atom is -0.497 e. The summed E-state index contributed by atoms with van der Waals surface area (Å²) >= 11 is 0. The number of nitrogens with one attached hydrogen (secondary N) is 1. The van der Waals surface area contributed by atoms with Crippen LogP contribution < -0.4 is 19.5 Å². The monoisotopic (exact) mass is 435 g/mol. The van der Waals surface area contributed by atoms with Crippen LogP contribution in [0.2, 0.25) is 0 Å². The van der Waals surface area contributed by atoms with E-state index in [0.717, 1.165) is 22.2 Å². The summed E-state index contributed by atoms with van der Waals surface area (Å²) in [5.41, 5.74) is 2.28. The number of amides is 2. The Kier molecular flexibility index (Phi) is 6.11. The van der Waals surface area contributed by atoms with Crippen LogP contribution in [0, 0.1) is 5.92 Å². The van der Waals surface area contributed by atoms with Crippen LogP contribution in [0.15, 0.2) is 48.7 Å². The molecule has 0 radical (unpaired) electrons. The molecule has 1 aromatic heterocycles. The van der Waals surface area contributed by atoms with Gasteiger partial charge in [-0.15, -0.1) is 0 Å². The zero-order valence-electron chi connectivity index (χ0n) is 18.3. The van der Waals surface area contributed by atoms with Gasteiger partial charge in [0.2, 0.25) is 11.8 Å². The lowest BCUT2D eigenvalue weighted by atomic mass is 10.1. The highest BCUT2D eigenvalue weighted by Crippen LogP contribution is 2.29. The zero-order chi connectivity index (χ0) is 22.7. The highest BCUT2D eigenvalue weighted by molar-refractivity contribution is 5.98. The molecule has 1 N–H and O–H groups in total. The number of anilines is 1. The molecule has 1 unspecified atom stereocenters. The van der Waals surface area contributed by atoms with Crippen molar-refractivity contribution in [1.29, 1.82) is 0 Å². The number of aromatic nitrogens is 1. The predicted molar refractivity (Wildman–Crippen MR) is 120 cm³/mol. The second-order valence-corrected chi connectivity index (χ2v) is 7.64. The topological polar surface area (TPSA) is 90.0 Å². The van der Waals surface area contributed by atoms with E-state index < -0.39 is 5.92 Å². The van der Waals surface area contributed by atoms with E-state index in [1.54, 1.807) is 38.5 Å². The van der Waals surface area contributed by atoms with E-state index in [0.29, 0.717) is 30.3 Å². The summed E-state index contributed by atoms with van der Waals surface area (Å²) in [6.07, 6.45) is 1.79. The number of fused-ring (bicyclic) bond motifs is 1. The van der Waals surface area contributed by atoms with Gasteiger partial charge in [-0.3, -0.25) is 14.6 Å². The number of methoxy groups -OCH3 is 3. The van der Waals surface area contributed by atoms with Crippen LogP contribution in [-0.2, 0) is 16.1 Å². The normalized spacial score (nSPS) is 15.7. The third-order valence-corrected chi connectivity index (χ3v) is 5.57. The molecule has 3 aromatic rings. The first-order valence-electron chi connectivity index (χ1n) is 10.2. The molecule has 1 aliphatic rings. The molecular weight excluding hydrogens is 410 g/mol. The molecule has 0 aliphatic carbocycles. The zero-order valence-corrected chi connectivity index (χ0v) is 18.3. The van der Waals surface area contributed by atoms with Gasteiger partial charge in [0.1, 0.15) is 5.75 Å². The molecule has 2 aromatic carbocycles. The summed E-state index contributed by atoms with van der Waals surface area (Å²) in [7, 11) is 4.75. The van der Waals surface area contributed by atoms with E-state index in [-0.39, 0.29) is 18.2 Å². The van der Waals surface area contributed by atoms with Crippen LogP contribution in [-0.4, -0.2) is 49.6 Å². The van der Waals surface area contributed by atoms with Gasteiger partial charge in [-0.2, -0.15) is 0 Å². The third kappa shape index (κ3) is 4.44. The summed E-state index contributed by atoms with van der Waals surface area (Å²) in [4.78, 5) is 31.4.